The Labute approximate surface area is 161 Å². The van der Waals surface area contributed by atoms with Crippen molar-refractivity contribution in [3.05, 3.63) is 65.7 Å². The number of likely N-dealkylation sites (N-methyl/N-ethyl adjacent to an activating group) is 1. The number of nitrogens with one attached hydrogen (secondary N) is 1. The van der Waals surface area contributed by atoms with Crippen LogP contribution in [0.2, 0.25) is 0 Å². The van der Waals surface area contributed by atoms with E-state index in [1.807, 2.05) is 69.3 Å². The van der Waals surface area contributed by atoms with Crippen molar-refractivity contribution in [1.29, 1.82) is 0 Å². The minimum absolute atomic E-state index is 0.0250. The van der Waals surface area contributed by atoms with E-state index < -0.39 is 6.04 Å². The third-order valence-corrected chi connectivity index (χ3v) is 4.42. The number of carbonyl (C=O) groups excluding carboxylic acids is 2. The standard InChI is InChI=1S/C22H28N2O3/c1-16(2)20(23-21(25)19-13-9-8-10-17(19)3)22(26)24(4)14-15-27-18-11-6-5-7-12-18/h5-13,16,20H,14-15H2,1-4H3,(H,23,25). The van der Waals surface area contributed by atoms with Crippen LogP contribution in [-0.4, -0.2) is 43.0 Å². The lowest BCUT2D eigenvalue weighted by Crippen LogP contribution is -2.51. The van der Waals surface area contributed by atoms with Gasteiger partial charge in [0.05, 0.1) is 6.54 Å². The summed E-state index contributed by atoms with van der Waals surface area (Å²) < 4.78 is 5.65. The first-order valence-electron chi connectivity index (χ1n) is 9.19. The molecule has 2 aromatic carbocycles. The zero-order valence-corrected chi connectivity index (χ0v) is 16.4. The summed E-state index contributed by atoms with van der Waals surface area (Å²) >= 11 is 0. The summed E-state index contributed by atoms with van der Waals surface area (Å²) in [5.41, 5.74) is 1.47. The summed E-state index contributed by atoms with van der Waals surface area (Å²) in [5, 5.41) is 2.89. The fourth-order valence-electron chi connectivity index (χ4n) is 2.72. The van der Waals surface area contributed by atoms with Crippen LogP contribution in [-0.2, 0) is 4.79 Å². The molecule has 5 nitrogen and oxygen atoms in total. The smallest absolute Gasteiger partial charge is 0.252 e. The minimum Gasteiger partial charge on any atom is -0.492 e. The molecule has 1 N–H and O–H groups in total. The summed E-state index contributed by atoms with van der Waals surface area (Å²) in [5.74, 6) is 0.396. The summed E-state index contributed by atoms with van der Waals surface area (Å²) in [7, 11) is 1.73. The molecule has 0 bridgehead atoms. The molecule has 0 aliphatic heterocycles. The summed E-state index contributed by atoms with van der Waals surface area (Å²) in [6.07, 6.45) is 0. The fraction of sp³-hybridized carbons (Fsp3) is 0.364. The summed E-state index contributed by atoms with van der Waals surface area (Å²) in [4.78, 5) is 27.0. The lowest BCUT2D eigenvalue weighted by atomic mass is 10.0. The van der Waals surface area contributed by atoms with E-state index in [2.05, 4.69) is 5.32 Å². The highest BCUT2D eigenvalue weighted by molar-refractivity contribution is 5.98. The van der Waals surface area contributed by atoms with Gasteiger partial charge in [0.1, 0.15) is 18.4 Å². The van der Waals surface area contributed by atoms with E-state index in [1.165, 1.54) is 0 Å². The Kier molecular flexibility index (Phi) is 7.41. The molecule has 1 atom stereocenters. The van der Waals surface area contributed by atoms with Gasteiger partial charge in [0.15, 0.2) is 0 Å². The van der Waals surface area contributed by atoms with Gasteiger partial charge in [-0.15, -0.1) is 0 Å². The van der Waals surface area contributed by atoms with E-state index in [-0.39, 0.29) is 17.7 Å². The average molecular weight is 368 g/mol. The number of ether oxygens (including phenoxy) is 1. The zero-order valence-electron chi connectivity index (χ0n) is 16.4. The van der Waals surface area contributed by atoms with Crippen LogP contribution >= 0.6 is 0 Å². The lowest BCUT2D eigenvalue weighted by Gasteiger charge is -2.27. The molecule has 0 fully saturated rings. The van der Waals surface area contributed by atoms with E-state index in [4.69, 9.17) is 4.74 Å². The number of hydrogen-bond donors (Lipinski definition) is 1. The summed E-state index contributed by atoms with van der Waals surface area (Å²) in [6, 6.07) is 16.3. The lowest BCUT2D eigenvalue weighted by molar-refractivity contribution is -0.133. The molecule has 144 valence electrons. The molecule has 1 unspecified atom stereocenters. The van der Waals surface area contributed by atoms with Gasteiger partial charge in [-0.2, -0.15) is 0 Å². The maximum Gasteiger partial charge on any atom is 0.252 e. The summed E-state index contributed by atoms with van der Waals surface area (Å²) in [6.45, 7) is 6.57. The Hall–Kier alpha value is -2.82. The van der Waals surface area contributed by atoms with Crippen LogP contribution in [0.1, 0.15) is 29.8 Å². The molecule has 0 aliphatic rings. The number of carbonyl (C=O) groups is 2. The quantitative estimate of drug-likeness (QED) is 0.778. The predicted octanol–water partition coefficient (Wildman–Crippen LogP) is 3.29. The first kappa shape index (κ1) is 20.5. The Balaban J connectivity index is 1.95. The van der Waals surface area contributed by atoms with Crippen LogP contribution in [0.3, 0.4) is 0 Å². The zero-order chi connectivity index (χ0) is 19.8. The van der Waals surface area contributed by atoms with Crippen molar-refractivity contribution in [3.8, 4) is 5.75 Å². The van der Waals surface area contributed by atoms with E-state index in [1.54, 1.807) is 18.0 Å². The minimum atomic E-state index is -0.584. The van der Waals surface area contributed by atoms with Gasteiger partial charge in [0.25, 0.3) is 5.91 Å². The van der Waals surface area contributed by atoms with Crippen molar-refractivity contribution in [1.82, 2.24) is 10.2 Å². The van der Waals surface area contributed by atoms with Crippen molar-refractivity contribution in [3.63, 3.8) is 0 Å². The molecular formula is C22H28N2O3. The molecular weight excluding hydrogens is 340 g/mol. The van der Waals surface area contributed by atoms with Crippen LogP contribution < -0.4 is 10.1 Å². The normalized spacial score (nSPS) is 11.7. The Morgan fingerprint density at radius 1 is 1.04 bits per heavy atom. The topological polar surface area (TPSA) is 58.6 Å². The second-order valence-corrected chi connectivity index (χ2v) is 6.93. The van der Waals surface area contributed by atoms with Crippen molar-refractivity contribution in [2.24, 2.45) is 5.92 Å². The van der Waals surface area contributed by atoms with Gasteiger partial charge in [-0.1, -0.05) is 50.2 Å². The third kappa shape index (κ3) is 5.84. The van der Waals surface area contributed by atoms with Gasteiger partial charge in [-0.3, -0.25) is 9.59 Å². The molecule has 2 rings (SSSR count). The van der Waals surface area contributed by atoms with Crippen molar-refractivity contribution in [2.45, 2.75) is 26.8 Å². The number of rotatable bonds is 8. The average Bonchev–Trinajstić information content (AvgIpc) is 2.66. The van der Waals surface area contributed by atoms with Crippen LogP contribution in [0, 0.1) is 12.8 Å². The number of aryl methyl sites for hydroxylation is 1. The number of nitrogens with zero attached hydrogens (tertiary/aromatic N) is 1. The molecule has 0 aromatic heterocycles. The van der Waals surface area contributed by atoms with Gasteiger partial charge in [0.2, 0.25) is 5.91 Å². The SMILES string of the molecule is Cc1ccccc1C(=O)NC(C(=O)N(C)CCOc1ccccc1)C(C)C. The molecule has 0 spiro atoms. The van der Waals surface area contributed by atoms with Gasteiger partial charge in [-0.25, -0.2) is 0 Å². The van der Waals surface area contributed by atoms with Crippen LogP contribution in [0.25, 0.3) is 0 Å². The van der Waals surface area contributed by atoms with Crippen LogP contribution in [0.15, 0.2) is 54.6 Å². The second-order valence-electron chi connectivity index (χ2n) is 6.93. The maximum atomic E-state index is 12.8. The molecule has 0 saturated carbocycles. The monoisotopic (exact) mass is 368 g/mol. The maximum absolute atomic E-state index is 12.8. The van der Waals surface area contributed by atoms with Crippen LogP contribution in [0.4, 0.5) is 0 Å². The highest BCUT2D eigenvalue weighted by Gasteiger charge is 2.27. The van der Waals surface area contributed by atoms with E-state index in [9.17, 15) is 9.59 Å². The van der Waals surface area contributed by atoms with E-state index >= 15 is 0 Å². The van der Waals surface area contributed by atoms with Gasteiger partial charge in [0, 0.05) is 12.6 Å². The largest absolute Gasteiger partial charge is 0.492 e. The Bertz CT molecular complexity index is 759. The molecule has 2 amide bonds. The Morgan fingerprint density at radius 2 is 1.67 bits per heavy atom. The van der Waals surface area contributed by atoms with Gasteiger partial charge >= 0.3 is 0 Å². The van der Waals surface area contributed by atoms with Crippen molar-refractivity contribution < 1.29 is 14.3 Å². The molecule has 0 heterocycles. The third-order valence-electron chi connectivity index (χ3n) is 4.42. The molecule has 0 radical (unpaired) electrons. The highest BCUT2D eigenvalue weighted by Crippen LogP contribution is 2.11. The van der Waals surface area contributed by atoms with Gasteiger partial charge in [-0.05, 0) is 36.6 Å². The second kappa shape index (κ2) is 9.76. The molecule has 0 saturated heterocycles. The first-order valence-corrected chi connectivity index (χ1v) is 9.19. The number of amides is 2. The van der Waals surface area contributed by atoms with Crippen molar-refractivity contribution >= 4 is 11.8 Å². The Morgan fingerprint density at radius 3 is 2.30 bits per heavy atom. The van der Waals surface area contributed by atoms with E-state index in [0.29, 0.717) is 18.7 Å². The van der Waals surface area contributed by atoms with Crippen molar-refractivity contribution in [2.75, 3.05) is 20.2 Å². The molecule has 2 aromatic rings. The molecule has 27 heavy (non-hydrogen) atoms. The highest BCUT2D eigenvalue weighted by atomic mass is 16.5. The number of benzene rings is 2. The predicted molar refractivity (Wildman–Crippen MR) is 107 cm³/mol. The van der Waals surface area contributed by atoms with Crippen LogP contribution in [0.5, 0.6) is 5.75 Å². The van der Waals surface area contributed by atoms with E-state index in [0.717, 1.165) is 11.3 Å². The molecule has 5 heteroatoms. The number of para-hydroxylation sites is 1. The molecule has 0 aliphatic carbocycles. The van der Waals surface area contributed by atoms with Gasteiger partial charge < -0.3 is 15.0 Å². The fourth-order valence-corrected chi connectivity index (χ4v) is 2.72. The number of hydrogen-bond acceptors (Lipinski definition) is 3. The first-order chi connectivity index (χ1) is 12.9.